The second-order valence-electron chi connectivity index (χ2n) is 5.73. The molecule has 1 aromatic rings. The van der Waals surface area contributed by atoms with E-state index in [1.165, 1.54) is 16.6 Å². The molecule has 2 nitrogen and oxygen atoms in total. The number of hydrogen-bond acceptors (Lipinski definition) is 1. The topological polar surface area (TPSA) is 17.8 Å². The van der Waals surface area contributed by atoms with Gasteiger partial charge in [-0.2, -0.15) is 5.10 Å². The Morgan fingerprint density at radius 1 is 1.26 bits per heavy atom. The van der Waals surface area contributed by atoms with Crippen LogP contribution in [0.2, 0.25) is 0 Å². The molecule has 0 N–H and O–H groups in total. The number of hydrogen-bond donors (Lipinski definition) is 0. The minimum absolute atomic E-state index is 0.246. The Labute approximate surface area is 142 Å². The van der Waals surface area contributed by atoms with E-state index >= 15 is 0 Å². The van der Waals surface area contributed by atoms with Crippen molar-refractivity contribution in [2.24, 2.45) is 18.4 Å². The number of nitrogens with zero attached hydrogens (tertiary/aromatic N) is 2. The standard InChI is InChI=1S/C14H23Br3N2/c1-5-11-13(17)12(19(4)18-11)7-14(8-15,9-16)6-10(2)3/h10H,5-9H2,1-4H3. The van der Waals surface area contributed by atoms with Gasteiger partial charge in [-0.1, -0.05) is 52.6 Å². The van der Waals surface area contributed by atoms with Gasteiger partial charge in [0.25, 0.3) is 0 Å². The highest BCUT2D eigenvalue weighted by Crippen LogP contribution is 2.37. The Kier molecular flexibility index (Phi) is 7.08. The van der Waals surface area contributed by atoms with E-state index in [-0.39, 0.29) is 5.41 Å². The molecule has 0 unspecified atom stereocenters. The summed E-state index contributed by atoms with van der Waals surface area (Å²) in [5.41, 5.74) is 2.70. The van der Waals surface area contributed by atoms with Gasteiger partial charge in [-0.15, -0.1) is 0 Å². The molecule has 0 bridgehead atoms. The minimum atomic E-state index is 0.246. The number of aromatic nitrogens is 2. The normalized spacial score (nSPS) is 12.4. The van der Waals surface area contributed by atoms with Crippen LogP contribution in [0.25, 0.3) is 0 Å². The summed E-state index contributed by atoms with van der Waals surface area (Å²) in [6.45, 7) is 6.72. The Balaban J connectivity index is 3.06. The Morgan fingerprint density at radius 3 is 2.21 bits per heavy atom. The third-order valence-corrected chi connectivity index (χ3v) is 6.75. The zero-order valence-corrected chi connectivity index (χ0v) is 16.9. The summed E-state index contributed by atoms with van der Waals surface area (Å²) in [4.78, 5) is 0. The van der Waals surface area contributed by atoms with E-state index in [1.54, 1.807) is 0 Å². The van der Waals surface area contributed by atoms with Crippen LogP contribution in [0.4, 0.5) is 0 Å². The van der Waals surface area contributed by atoms with Crippen LogP contribution in [0, 0.1) is 11.3 Å². The fourth-order valence-corrected chi connectivity index (χ4v) is 5.08. The molecule has 0 saturated carbocycles. The second kappa shape index (κ2) is 7.60. The Hall–Kier alpha value is 0.650. The molecule has 110 valence electrons. The monoisotopic (exact) mass is 456 g/mol. The van der Waals surface area contributed by atoms with Crippen LogP contribution in [0.3, 0.4) is 0 Å². The first-order valence-electron chi connectivity index (χ1n) is 6.71. The minimum Gasteiger partial charge on any atom is -0.271 e. The van der Waals surface area contributed by atoms with Crippen LogP contribution in [0.1, 0.15) is 38.6 Å². The van der Waals surface area contributed by atoms with Crippen LogP contribution in [-0.2, 0) is 19.9 Å². The summed E-state index contributed by atoms with van der Waals surface area (Å²) < 4.78 is 3.22. The van der Waals surface area contributed by atoms with Gasteiger partial charge in [0.15, 0.2) is 0 Å². The lowest BCUT2D eigenvalue weighted by Crippen LogP contribution is -2.30. The first-order valence-corrected chi connectivity index (χ1v) is 9.75. The average molecular weight is 459 g/mol. The van der Waals surface area contributed by atoms with E-state index in [0.29, 0.717) is 5.92 Å². The van der Waals surface area contributed by atoms with Gasteiger partial charge in [0, 0.05) is 17.7 Å². The molecule has 0 atom stereocenters. The van der Waals surface area contributed by atoms with Gasteiger partial charge in [-0.3, -0.25) is 4.68 Å². The molecular weight excluding hydrogens is 436 g/mol. The summed E-state index contributed by atoms with van der Waals surface area (Å²) in [5, 5.41) is 6.60. The predicted molar refractivity (Wildman–Crippen MR) is 93.5 cm³/mol. The maximum Gasteiger partial charge on any atom is 0.0766 e. The maximum absolute atomic E-state index is 4.60. The van der Waals surface area contributed by atoms with Crippen molar-refractivity contribution in [2.75, 3.05) is 10.7 Å². The maximum atomic E-state index is 4.60. The number of alkyl halides is 2. The van der Waals surface area contributed by atoms with Gasteiger partial charge in [0.2, 0.25) is 0 Å². The fraction of sp³-hybridized carbons (Fsp3) is 0.786. The number of halogens is 3. The van der Waals surface area contributed by atoms with Gasteiger partial charge >= 0.3 is 0 Å². The highest BCUT2D eigenvalue weighted by Gasteiger charge is 2.31. The summed E-state index contributed by atoms with van der Waals surface area (Å²) >= 11 is 11.2. The molecule has 0 aliphatic rings. The SMILES string of the molecule is CCc1nn(C)c(CC(CBr)(CBr)CC(C)C)c1Br. The van der Waals surface area contributed by atoms with Crippen molar-refractivity contribution in [3.63, 3.8) is 0 Å². The van der Waals surface area contributed by atoms with Crippen molar-refractivity contribution in [1.29, 1.82) is 0 Å². The molecule has 1 rings (SSSR count). The van der Waals surface area contributed by atoms with Crippen LogP contribution < -0.4 is 0 Å². The molecule has 0 spiro atoms. The van der Waals surface area contributed by atoms with E-state index in [4.69, 9.17) is 0 Å². The Morgan fingerprint density at radius 2 is 1.84 bits per heavy atom. The van der Waals surface area contributed by atoms with Crippen molar-refractivity contribution in [2.45, 2.75) is 40.0 Å². The van der Waals surface area contributed by atoms with E-state index in [0.717, 1.165) is 29.2 Å². The first kappa shape index (κ1) is 17.7. The lowest BCUT2D eigenvalue weighted by atomic mass is 9.80. The molecule has 1 heterocycles. The molecule has 1 aromatic heterocycles. The number of aryl methyl sites for hydroxylation is 2. The average Bonchev–Trinajstić information content (AvgIpc) is 2.64. The van der Waals surface area contributed by atoms with Crippen molar-refractivity contribution >= 4 is 47.8 Å². The zero-order chi connectivity index (χ0) is 14.6. The third-order valence-electron chi connectivity index (χ3n) is 3.45. The summed E-state index contributed by atoms with van der Waals surface area (Å²) in [6, 6.07) is 0. The quantitative estimate of drug-likeness (QED) is 0.519. The molecule has 0 radical (unpaired) electrons. The fourth-order valence-electron chi connectivity index (χ4n) is 2.54. The van der Waals surface area contributed by atoms with E-state index in [9.17, 15) is 0 Å². The molecular formula is C14H23Br3N2. The third kappa shape index (κ3) is 4.31. The largest absolute Gasteiger partial charge is 0.271 e. The molecule has 0 aromatic carbocycles. The highest BCUT2D eigenvalue weighted by atomic mass is 79.9. The zero-order valence-electron chi connectivity index (χ0n) is 12.1. The highest BCUT2D eigenvalue weighted by molar-refractivity contribution is 9.10. The van der Waals surface area contributed by atoms with Gasteiger partial charge in [0.1, 0.15) is 0 Å². The van der Waals surface area contributed by atoms with Crippen LogP contribution in [0.15, 0.2) is 4.47 Å². The van der Waals surface area contributed by atoms with Crippen molar-refractivity contribution < 1.29 is 0 Å². The lowest BCUT2D eigenvalue weighted by Gasteiger charge is -2.32. The second-order valence-corrected chi connectivity index (χ2v) is 7.64. The molecule has 19 heavy (non-hydrogen) atoms. The molecule has 5 heteroatoms. The Bertz CT molecular complexity index is 409. The van der Waals surface area contributed by atoms with E-state index in [1.807, 2.05) is 11.7 Å². The van der Waals surface area contributed by atoms with E-state index in [2.05, 4.69) is 73.7 Å². The molecule has 0 saturated heterocycles. The molecule has 0 aliphatic heterocycles. The van der Waals surface area contributed by atoms with Crippen LogP contribution in [0.5, 0.6) is 0 Å². The summed E-state index contributed by atoms with van der Waals surface area (Å²) in [5.74, 6) is 0.688. The summed E-state index contributed by atoms with van der Waals surface area (Å²) in [6.07, 6.45) is 3.20. The van der Waals surface area contributed by atoms with Crippen LogP contribution >= 0.6 is 47.8 Å². The predicted octanol–water partition coefficient (Wildman–Crippen LogP) is 5.11. The van der Waals surface area contributed by atoms with Crippen molar-refractivity contribution in [1.82, 2.24) is 9.78 Å². The molecule has 0 aliphatic carbocycles. The molecule has 0 amide bonds. The van der Waals surface area contributed by atoms with E-state index < -0.39 is 0 Å². The van der Waals surface area contributed by atoms with Crippen molar-refractivity contribution in [3.8, 4) is 0 Å². The van der Waals surface area contributed by atoms with Gasteiger partial charge in [0.05, 0.1) is 15.9 Å². The van der Waals surface area contributed by atoms with Crippen molar-refractivity contribution in [3.05, 3.63) is 15.9 Å². The summed E-state index contributed by atoms with van der Waals surface area (Å²) in [7, 11) is 2.04. The lowest BCUT2D eigenvalue weighted by molar-refractivity contribution is 0.297. The number of rotatable bonds is 7. The van der Waals surface area contributed by atoms with Crippen LogP contribution in [-0.4, -0.2) is 20.4 Å². The van der Waals surface area contributed by atoms with Gasteiger partial charge in [-0.05, 0) is 46.5 Å². The first-order chi connectivity index (χ1) is 8.89. The molecule has 0 fully saturated rings. The smallest absolute Gasteiger partial charge is 0.0766 e. The van der Waals surface area contributed by atoms with Gasteiger partial charge in [-0.25, -0.2) is 0 Å². The van der Waals surface area contributed by atoms with Gasteiger partial charge < -0.3 is 0 Å².